The van der Waals surface area contributed by atoms with Crippen molar-refractivity contribution >= 4 is 0 Å². The lowest BCUT2D eigenvalue weighted by Crippen LogP contribution is -1.94. The van der Waals surface area contributed by atoms with Crippen LogP contribution in [-0.2, 0) is 13.5 Å². The van der Waals surface area contributed by atoms with Crippen molar-refractivity contribution in [1.82, 2.24) is 9.78 Å². The summed E-state index contributed by atoms with van der Waals surface area (Å²) in [6.07, 6.45) is 0.986. The molecule has 0 amide bonds. The molecule has 15 heavy (non-hydrogen) atoms. The highest BCUT2D eigenvalue weighted by atomic mass is 15.3. The highest BCUT2D eigenvalue weighted by Crippen LogP contribution is 2.20. The molecule has 0 N–H and O–H groups in total. The van der Waals surface area contributed by atoms with Crippen LogP contribution >= 0.6 is 0 Å². The molecule has 0 aliphatic rings. The Labute approximate surface area is 90.6 Å². The standard InChI is InChI=1S/C13H16N2/c1-4-12-9-13(15(3)14-12)11-7-5-10(2)6-8-11/h5-9H,4H2,1-3H3. The molecule has 2 aromatic rings. The lowest BCUT2D eigenvalue weighted by Gasteiger charge is -2.01. The predicted molar refractivity (Wildman–Crippen MR) is 62.8 cm³/mol. The second-order valence-electron chi connectivity index (χ2n) is 3.86. The molecule has 0 saturated carbocycles. The summed E-state index contributed by atoms with van der Waals surface area (Å²) < 4.78 is 1.95. The number of hydrogen-bond donors (Lipinski definition) is 0. The van der Waals surface area contributed by atoms with E-state index in [2.05, 4.69) is 49.3 Å². The first-order chi connectivity index (χ1) is 7.20. The Morgan fingerprint density at radius 2 is 1.87 bits per heavy atom. The van der Waals surface area contributed by atoms with Crippen LogP contribution in [0.15, 0.2) is 30.3 Å². The first-order valence-corrected chi connectivity index (χ1v) is 5.30. The zero-order valence-corrected chi connectivity index (χ0v) is 9.49. The molecule has 2 rings (SSSR count). The highest BCUT2D eigenvalue weighted by Gasteiger charge is 2.05. The van der Waals surface area contributed by atoms with E-state index in [-0.39, 0.29) is 0 Å². The summed E-state index contributed by atoms with van der Waals surface area (Å²) >= 11 is 0. The minimum atomic E-state index is 0.986. The lowest BCUT2D eigenvalue weighted by atomic mass is 10.1. The third-order valence-electron chi connectivity index (χ3n) is 2.64. The van der Waals surface area contributed by atoms with Crippen LogP contribution in [0, 0.1) is 6.92 Å². The molecule has 0 atom stereocenters. The van der Waals surface area contributed by atoms with Gasteiger partial charge in [0, 0.05) is 7.05 Å². The van der Waals surface area contributed by atoms with Crippen molar-refractivity contribution in [3.8, 4) is 11.3 Å². The summed E-state index contributed by atoms with van der Waals surface area (Å²) in [5.74, 6) is 0. The number of hydrogen-bond acceptors (Lipinski definition) is 1. The van der Waals surface area contributed by atoms with E-state index in [0.717, 1.165) is 12.1 Å². The van der Waals surface area contributed by atoms with E-state index in [1.807, 2.05) is 11.7 Å². The summed E-state index contributed by atoms with van der Waals surface area (Å²) in [4.78, 5) is 0. The molecule has 0 unspecified atom stereocenters. The van der Waals surface area contributed by atoms with Crippen LogP contribution in [0.2, 0.25) is 0 Å². The number of aryl methyl sites for hydroxylation is 3. The van der Waals surface area contributed by atoms with Gasteiger partial charge in [0.25, 0.3) is 0 Å². The quantitative estimate of drug-likeness (QED) is 0.728. The SMILES string of the molecule is CCc1cc(-c2ccc(C)cc2)n(C)n1. The van der Waals surface area contributed by atoms with Crippen LogP contribution in [0.1, 0.15) is 18.2 Å². The second-order valence-corrected chi connectivity index (χ2v) is 3.86. The number of nitrogens with zero attached hydrogens (tertiary/aromatic N) is 2. The predicted octanol–water partition coefficient (Wildman–Crippen LogP) is 2.96. The molecule has 2 nitrogen and oxygen atoms in total. The molecule has 0 spiro atoms. The Morgan fingerprint density at radius 1 is 1.20 bits per heavy atom. The molecule has 0 aliphatic carbocycles. The minimum Gasteiger partial charge on any atom is -0.268 e. The lowest BCUT2D eigenvalue weighted by molar-refractivity contribution is 0.753. The van der Waals surface area contributed by atoms with Crippen LogP contribution in [0.5, 0.6) is 0 Å². The fourth-order valence-corrected chi connectivity index (χ4v) is 1.69. The Balaban J connectivity index is 2.44. The van der Waals surface area contributed by atoms with Gasteiger partial charge in [0.05, 0.1) is 11.4 Å². The van der Waals surface area contributed by atoms with Gasteiger partial charge in [-0.15, -0.1) is 0 Å². The molecular weight excluding hydrogens is 184 g/mol. The highest BCUT2D eigenvalue weighted by molar-refractivity contribution is 5.60. The fourth-order valence-electron chi connectivity index (χ4n) is 1.69. The average molecular weight is 200 g/mol. The first-order valence-electron chi connectivity index (χ1n) is 5.30. The third-order valence-corrected chi connectivity index (χ3v) is 2.64. The molecule has 0 bridgehead atoms. The average Bonchev–Trinajstić information content (AvgIpc) is 2.61. The topological polar surface area (TPSA) is 17.8 Å². The van der Waals surface area contributed by atoms with Crippen molar-refractivity contribution in [2.24, 2.45) is 7.05 Å². The maximum atomic E-state index is 4.44. The summed E-state index contributed by atoms with van der Waals surface area (Å²) in [6.45, 7) is 4.23. The van der Waals surface area contributed by atoms with E-state index in [1.165, 1.54) is 16.8 Å². The largest absolute Gasteiger partial charge is 0.268 e. The summed E-state index contributed by atoms with van der Waals surface area (Å²) in [5, 5.41) is 4.44. The Morgan fingerprint density at radius 3 is 2.40 bits per heavy atom. The van der Waals surface area contributed by atoms with Gasteiger partial charge < -0.3 is 0 Å². The number of aromatic nitrogens is 2. The molecule has 0 fully saturated rings. The molecular formula is C13H16N2. The Hall–Kier alpha value is -1.57. The number of benzene rings is 1. The van der Waals surface area contributed by atoms with Crippen LogP contribution in [0.4, 0.5) is 0 Å². The van der Waals surface area contributed by atoms with Gasteiger partial charge in [0.15, 0.2) is 0 Å². The van der Waals surface area contributed by atoms with E-state index in [9.17, 15) is 0 Å². The zero-order valence-electron chi connectivity index (χ0n) is 9.49. The van der Waals surface area contributed by atoms with E-state index in [1.54, 1.807) is 0 Å². The molecule has 1 aromatic heterocycles. The van der Waals surface area contributed by atoms with Gasteiger partial charge in [0.1, 0.15) is 0 Å². The van der Waals surface area contributed by atoms with Crippen LogP contribution in [0.25, 0.3) is 11.3 Å². The summed E-state index contributed by atoms with van der Waals surface area (Å²) in [5.41, 5.74) is 4.85. The molecule has 0 saturated heterocycles. The summed E-state index contributed by atoms with van der Waals surface area (Å²) in [7, 11) is 1.99. The number of rotatable bonds is 2. The smallest absolute Gasteiger partial charge is 0.0681 e. The summed E-state index contributed by atoms with van der Waals surface area (Å²) in [6, 6.07) is 10.7. The van der Waals surface area contributed by atoms with Gasteiger partial charge in [-0.1, -0.05) is 36.8 Å². The van der Waals surface area contributed by atoms with Gasteiger partial charge in [-0.25, -0.2) is 0 Å². The molecule has 2 heteroatoms. The van der Waals surface area contributed by atoms with Crippen molar-refractivity contribution in [1.29, 1.82) is 0 Å². The van der Waals surface area contributed by atoms with Crippen LogP contribution in [0.3, 0.4) is 0 Å². The maximum absolute atomic E-state index is 4.44. The first kappa shape index (κ1) is 9.97. The van der Waals surface area contributed by atoms with Crippen molar-refractivity contribution in [3.05, 3.63) is 41.6 Å². The van der Waals surface area contributed by atoms with Gasteiger partial charge in [0.2, 0.25) is 0 Å². The third kappa shape index (κ3) is 1.94. The monoisotopic (exact) mass is 200 g/mol. The van der Waals surface area contributed by atoms with Crippen molar-refractivity contribution in [3.63, 3.8) is 0 Å². The molecule has 1 aromatic carbocycles. The van der Waals surface area contributed by atoms with E-state index in [0.29, 0.717) is 0 Å². The zero-order chi connectivity index (χ0) is 10.8. The van der Waals surface area contributed by atoms with Gasteiger partial charge in [-0.2, -0.15) is 5.10 Å². The Bertz CT molecular complexity index is 452. The molecule has 0 aliphatic heterocycles. The van der Waals surface area contributed by atoms with E-state index >= 15 is 0 Å². The molecule has 78 valence electrons. The molecule has 0 radical (unpaired) electrons. The van der Waals surface area contributed by atoms with Crippen molar-refractivity contribution < 1.29 is 0 Å². The molecule has 1 heterocycles. The second kappa shape index (κ2) is 3.89. The van der Waals surface area contributed by atoms with E-state index < -0.39 is 0 Å². The van der Waals surface area contributed by atoms with Crippen molar-refractivity contribution in [2.75, 3.05) is 0 Å². The van der Waals surface area contributed by atoms with Gasteiger partial charge in [-0.05, 0) is 25.0 Å². The van der Waals surface area contributed by atoms with Crippen LogP contribution in [-0.4, -0.2) is 9.78 Å². The van der Waals surface area contributed by atoms with Crippen molar-refractivity contribution in [2.45, 2.75) is 20.3 Å². The van der Waals surface area contributed by atoms with E-state index in [4.69, 9.17) is 0 Å². The fraction of sp³-hybridized carbons (Fsp3) is 0.308. The van der Waals surface area contributed by atoms with Gasteiger partial charge >= 0.3 is 0 Å². The maximum Gasteiger partial charge on any atom is 0.0681 e. The minimum absolute atomic E-state index is 0.986. The normalized spacial score (nSPS) is 10.6. The van der Waals surface area contributed by atoms with Gasteiger partial charge in [-0.3, -0.25) is 4.68 Å². The van der Waals surface area contributed by atoms with Crippen LogP contribution < -0.4 is 0 Å². The Kier molecular flexibility index (Phi) is 2.58.